The molecule has 0 unspecified atom stereocenters. The van der Waals surface area contributed by atoms with Gasteiger partial charge in [-0.15, -0.1) is 0 Å². The molecule has 0 saturated carbocycles. The fourth-order valence-corrected chi connectivity index (χ4v) is 1.45. The van der Waals surface area contributed by atoms with Crippen LogP contribution in [0.4, 0.5) is 5.69 Å². The average molecular weight is 227 g/mol. The number of rotatable bonds is 2. The maximum absolute atomic E-state index is 11.9. The molecule has 1 amide bonds. The molecule has 0 atom stereocenters. The van der Waals surface area contributed by atoms with Crippen molar-refractivity contribution in [3.63, 3.8) is 0 Å². The smallest absolute Gasteiger partial charge is 0.259 e. The quantitative estimate of drug-likeness (QED) is 0.856. The van der Waals surface area contributed by atoms with Gasteiger partial charge in [0.05, 0.1) is 11.3 Å². The van der Waals surface area contributed by atoms with E-state index in [1.54, 1.807) is 6.92 Å². The minimum absolute atomic E-state index is 0.188. The molecule has 0 aliphatic rings. The zero-order chi connectivity index (χ0) is 12.3. The van der Waals surface area contributed by atoms with Crippen molar-refractivity contribution in [1.29, 1.82) is 0 Å². The first kappa shape index (κ1) is 11.3. The van der Waals surface area contributed by atoms with Gasteiger partial charge in [0.1, 0.15) is 6.33 Å². The largest absolute Gasteiger partial charge is 0.322 e. The van der Waals surface area contributed by atoms with Crippen molar-refractivity contribution < 1.29 is 4.79 Å². The average Bonchev–Trinajstić information content (AvgIpc) is 2.32. The first-order valence-corrected chi connectivity index (χ1v) is 5.31. The van der Waals surface area contributed by atoms with Crippen molar-refractivity contribution in [2.75, 3.05) is 5.32 Å². The number of aryl methyl sites for hydroxylation is 2. The molecule has 1 heterocycles. The maximum atomic E-state index is 11.9. The zero-order valence-corrected chi connectivity index (χ0v) is 9.77. The number of carbonyl (C=O) groups excluding carboxylic acids is 1. The summed E-state index contributed by atoms with van der Waals surface area (Å²) in [4.78, 5) is 19.8. The summed E-state index contributed by atoms with van der Waals surface area (Å²) in [5.41, 5.74) is 3.09. The van der Waals surface area contributed by atoms with Gasteiger partial charge in [0, 0.05) is 11.9 Å². The monoisotopic (exact) mass is 227 g/mol. The molecule has 86 valence electrons. The summed E-state index contributed by atoms with van der Waals surface area (Å²) in [5, 5.41) is 2.81. The van der Waals surface area contributed by atoms with Crippen LogP contribution in [-0.2, 0) is 0 Å². The van der Waals surface area contributed by atoms with E-state index < -0.39 is 0 Å². The van der Waals surface area contributed by atoms with Crippen molar-refractivity contribution in [2.24, 2.45) is 0 Å². The third kappa shape index (κ3) is 2.66. The third-order valence-electron chi connectivity index (χ3n) is 2.47. The van der Waals surface area contributed by atoms with Crippen LogP contribution < -0.4 is 5.32 Å². The summed E-state index contributed by atoms with van der Waals surface area (Å²) in [5.74, 6) is -0.188. The lowest BCUT2D eigenvalue weighted by Crippen LogP contribution is -2.14. The van der Waals surface area contributed by atoms with Gasteiger partial charge < -0.3 is 5.32 Å². The highest BCUT2D eigenvalue weighted by atomic mass is 16.1. The molecule has 1 N–H and O–H groups in total. The molecule has 4 nitrogen and oxygen atoms in total. The van der Waals surface area contributed by atoms with Crippen LogP contribution in [0, 0.1) is 13.8 Å². The van der Waals surface area contributed by atoms with Gasteiger partial charge in [0.15, 0.2) is 0 Å². The minimum atomic E-state index is -0.188. The molecule has 0 saturated heterocycles. The van der Waals surface area contributed by atoms with Crippen molar-refractivity contribution in [3.05, 3.63) is 53.6 Å². The van der Waals surface area contributed by atoms with Crippen LogP contribution in [0.3, 0.4) is 0 Å². The van der Waals surface area contributed by atoms with E-state index in [0.29, 0.717) is 11.3 Å². The van der Waals surface area contributed by atoms with Gasteiger partial charge in [-0.2, -0.15) is 0 Å². The highest BCUT2D eigenvalue weighted by molar-refractivity contribution is 6.04. The summed E-state index contributed by atoms with van der Waals surface area (Å²) in [6.07, 6.45) is 2.95. The van der Waals surface area contributed by atoms with E-state index in [4.69, 9.17) is 0 Å². The van der Waals surface area contributed by atoms with E-state index in [-0.39, 0.29) is 5.91 Å². The molecule has 0 bridgehead atoms. The number of anilines is 1. The number of aromatic nitrogens is 2. The summed E-state index contributed by atoms with van der Waals surface area (Å²) in [7, 11) is 0. The van der Waals surface area contributed by atoms with Gasteiger partial charge in [-0.25, -0.2) is 9.97 Å². The van der Waals surface area contributed by atoms with Gasteiger partial charge >= 0.3 is 0 Å². The molecule has 2 rings (SSSR count). The molecule has 1 aromatic heterocycles. The molecule has 1 aromatic carbocycles. The van der Waals surface area contributed by atoms with E-state index in [2.05, 4.69) is 15.3 Å². The Kier molecular flexibility index (Phi) is 3.14. The van der Waals surface area contributed by atoms with Crippen LogP contribution in [0.5, 0.6) is 0 Å². The maximum Gasteiger partial charge on any atom is 0.259 e. The highest BCUT2D eigenvalue weighted by Crippen LogP contribution is 2.11. The lowest BCUT2D eigenvalue weighted by Gasteiger charge is -2.06. The Hall–Kier alpha value is -2.23. The fraction of sp³-hybridized carbons (Fsp3) is 0.154. The summed E-state index contributed by atoms with van der Waals surface area (Å²) < 4.78 is 0. The Morgan fingerprint density at radius 3 is 2.53 bits per heavy atom. The third-order valence-corrected chi connectivity index (χ3v) is 2.47. The van der Waals surface area contributed by atoms with Crippen LogP contribution in [-0.4, -0.2) is 15.9 Å². The second-order valence-electron chi connectivity index (χ2n) is 3.84. The first-order chi connectivity index (χ1) is 8.16. The predicted octanol–water partition coefficient (Wildman–Crippen LogP) is 2.35. The van der Waals surface area contributed by atoms with Crippen LogP contribution in [0.1, 0.15) is 21.6 Å². The van der Waals surface area contributed by atoms with Crippen molar-refractivity contribution in [3.8, 4) is 0 Å². The Morgan fingerprint density at radius 1 is 1.18 bits per heavy atom. The van der Waals surface area contributed by atoms with Gasteiger partial charge in [-0.1, -0.05) is 17.7 Å². The number of amides is 1. The van der Waals surface area contributed by atoms with Crippen LogP contribution in [0.25, 0.3) is 0 Å². The van der Waals surface area contributed by atoms with E-state index in [0.717, 1.165) is 11.3 Å². The van der Waals surface area contributed by atoms with Crippen LogP contribution >= 0.6 is 0 Å². The Labute approximate surface area is 99.7 Å². The Balaban J connectivity index is 2.17. The second kappa shape index (κ2) is 4.74. The Bertz CT molecular complexity index is 535. The molecular formula is C13H13N3O. The van der Waals surface area contributed by atoms with Gasteiger partial charge in [-0.3, -0.25) is 4.79 Å². The van der Waals surface area contributed by atoms with Crippen molar-refractivity contribution >= 4 is 11.6 Å². The molecule has 2 aromatic rings. The number of nitrogens with zero attached hydrogens (tertiary/aromatic N) is 2. The van der Waals surface area contributed by atoms with Crippen LogP contribution in [0.2, 0.25) is 0 Å². The number of benzene rings is 1. The molecule has 0 radical (unpaired) electrons. The summed E-state index contributed by atoms with van der Waals surface area (Å²) in [6, 6.07) is 7.63. The van der Waals surface area contributed by atoms with Gasteiger partial charge in [0.2, 0.25) is 0 Å². The Morgan fingerprint density at radius 2 is 1.88 bits per heavy atom. The molecule has 4 heteroatoms. The zero-order valence-electron chi connectivity index (χ0n) is 9.77. The lowest BCUT2D eigenvalue weighted by molar-refractivity contribution is 0.102. The number of hydrogen-bond donors (Lipinski definition) is 1. The number of carbonyl (C=O) groups is 1. The number of nitrogens with one attached hydrogen (secondary N) is 1. The molecule has 0 fully saturated rings. The fourth-order valence-electron chi connectivity index (χ4n) is 1.45. The van der Waals surface area contributed by atoms with E-state index >= 15 is 0 Å². The highest BCUT2D eigenvalue weighted by Gasteiger charge is 2.09. The van der Waals surface area contributed by atoms with E-state index in [1.165, 1.54) is 12.5 Å². The first-order valence-electron chi connectivity index (χ1n) is 5.31. The topological polar surface area (TPSA) is 54.9 Å². The standard InChI is InChI=1S/C13H13N3O/c1-9-3-5-11(6-4-9)16-13(17)12-7-14-8-15-10(12)2/h3-8H,1-2H3,(H,16,17). The van der Waals surface area contributed by atoms with Gasteiger partial charge in [0.25, 0.3) is 5.91 Å². The molecule has 0 aliphatic heterocycles. The predicted molar refractivity (Wildman–Crippen MR) is 65.9 cm³/mol. The SMILES string of the molecule is Cc1ccc(NC(=O)c2cncnc2C)cc1. The van der Waals surface area contributed by atoms with Crippen molar-refractivity contribution in [2.45, 2.75) is 13.8 Å². The molecule has 0 spiro atoms. The molecule has 17 heavy (non-hydrogen) atoms. The minimum Gasteiger partial charge on any atom is -0.322 e. The molecular weight excluding hydrogens is 214 g/mol. The molecule has 0 aliphatic carbocycles. The van der Waals surface area contributed by atoms with Crippen molar-refractivity contribution in [1.82, 2.24) is 9.97 Å². The lowest BCUT2D eigenvalue weighted by atomic mass is 10.2. The summed E-state index contributed by atoms with van der Waals surface area (Å²) in [6.45, 7) is 3.78. The van der Waals surface area contributed by atoms with E-state index in [1.807, 2.05) is 31.2 Å². The van der Waals surface area contributed by atoms with Crippen LogP contribution in [0.15, 0.2) is 36.8 Å². The van der Waals surface area contributed by atoms with Gasteiger partial charge in [-0.05, 0) is 26.0 Å². The summed E-state index contributed by atoms with van der Waals surface area (Å²) >= 11 is 0. The normalized spacial score (nSPS) is 10.0. The van der Waals surface area contributed by atoms with E-state index in [9.17, 15) is 4.79 Å². The second-order valence-corrected chi connectivity index (χ2v) is 3.84. The number of hydrogen-bond acceptors (Lipinski definition) is 3.